The Kier molecular flexibility index (Phi) is 8.96. The third-order valence-corrected chi connectivity index (χ3v) is 9.12. The van der Waals surface area contributed by atoms with E-state index in [0.717, 1.165) is 21.9 Å². The Balaban J connectivity index is 1.48. The third-order valence-electron chi connectivity index (χ3n) is 7.77. The lowest BCUT2D eigenvalue weighted by molar-refractivity contribution is -0.139. The van der Waals surface area contributed by atoms with E-state index >= 15 is 0 Å². The van der Waals surface area contributed by atoms with Gasteiger partial charge in [0.2, 0.25) is 0 Å². The number of aromatic nitrogens is 1. The largest absolute Gasteiger partial charge is 0.496 e. The first kappa shape index (κ1) is 31.1. The van der Waals surface area contributed by atoms with Crippen molar-refractivity contribution in [2.45, 2.75) is 26.5 Å². The minimum absolute atomic E-state index is 0.180. The van der Waals surface area contributed by atoms with Crippen molar-refractivity contribution >= 4 is 45.8 Å². The Labute approximate surface area is 274 Å². The monoisotopic (exact) mass is 654 g/mol. The molecule has 0 spiro atoms. The zero-order valence-corrected chi connectivity index (χ0v) is 27.3. The van der Waals surface area contributed by atoms with E-state index in [1.807, 2.05) is 66.7 Å². The van der Waals surface area contributed by atoms with E-state index in [2.05, 4.69) is 0 Å². The van der Waals surface area contributed by atoms with Crippen LogP contribution in [-0.2, 0) is 16.1 Å². The molecule has 0 bridgehead atoms. The maximum absolute atomic E-state index is 14.3. The number of halogens is 1. The molecular formula is C36H31ClN2O6S. The van der Waals surface area contributed by atoms with Crippen LogP contribution in [0.5, 0.6) is 17.2 Å². The number of ether oxygens (including phenoxy) is 4. The van der Waals surface area contributed by atoms with E-state index in [1.165, 1.54) is 11.3 Å². The molecule has 0 radical (unpaired) electrons. The molecule has 0 amide bonds. The SMILES string of the molecule is CCOC(=O)C1=C(C)N=c2s/c(=C/c3ccc(OCc4ccccc4Cl)c(OC)c3)c(=O)n2[C@H]1c1c(OC)ccc2ccccc12. The van der Waals surface area contributed by atoms with Crippen LogP contribution in [0.4, 0.5) is 0 Å². The number of carbonyl (C=O) groups excluding carboxylic acids is 1. The summed E-state index contributed by atoms with van der Waals surface area (Å²) < 4.78 is 25.0. The van der Waals surface area contributed by atoms with Crippen LogP contribution in [-0.4, -0.2) is 31.4 Å². The molecule has 0 aliphatic carbocycles. The van der Waals surface area contributed by atoms with Crippen molar-refractivity contribution in [1.29, 1.82) is 0 Å². The summed E-state index contributed by atoms with van der Waals surface area (Å²) in [5.41, 5.74) is 2.74. The van der Waals surface area contributed by atoms with Crippen LogP contribution in [0.1, 0.15) is 36.6 Å². The Bertz CT molecular complexity index is 2190. The molecule has 1 aliphatic rings. The van der Waals surface area contributed by atoms with Gasteiger partial charge >= 0.3 is 5.97 Å². The molecule has 0 saturated heterocycles. The molecule has 0 fully saturated rings. The van der Waals surface area contributed by atoms with E-state index < -0.39 is 12.0 Å². The first-order valence-corrected chi connectivity index (χ1v) is 15.8. The molecular weight excluding hydrogens is 624 g/mol. The lowest BCUT2D eigenvalue weighted by Gasteiger charge is -2.27. The number of thiazole rings is 1. The van der Waals surface area contributed by atoms with Crippen LogP contribution in [0.15, 0.2) is 99.9 Å². The van der Waals surface area contributed by atoms with E-state index in [1.54, 1.807) is 50.8 Å². The number of esters is 1. The van der Waals surface area contributed by atoms with Gasteiger partial charge in [-0.25, -0.2) is 9.79 Å². The van der Waals surface area contributed by atoms with Crippen LogP contribution in [0, 0.1) is 0 Å². The number of rotatable bonds is 9. The highest BCUT2D eigenvalue weighted by molar-refractivity contribution is 7.07. The van der Waals surface area contributed by atoms with E-state index in [4.69, 9.17) is 35.5 Å². The van der Waals surface area contributed by atoms with E-state index in [9.17, 15) is 9.59 Å². The highest BCUT2D eigenvalue weighted by atomic mass is 35.5. The molecule has 5 aromatic rings. The first-order chi connectivity index (χ1) is 22.3. The van der Waals surface area contributed by atoms with Crippen molar-refractivity contribution in [2.24, 2.45) is 4.99 Å². The number of nitrogens with zero attached hydrogens (tertiary/aromatic N) is 2. The predicted octanol–water partition coefficient (Wildman–Crippen LogP) is 6.20. The van der Waals surface area contributed by atoms with Crippen LogP contribution >= 0.6 is 22.9 Å². The number of benzene rings is 4. The molecule has 6 rings (SSSR count). The average molecular weight is 655 g/mol. The quantitative estimate of drug-likeness (QED) is 0.176. The topological polar surface area (TPSA) is 88.4 Å². The normalized spacial score (nSPS) is 14.5. The molecule has 0 unspecified atom stereocenters. The summed E-state index contributed by atoms with van der Waals surface area (Å²) in [6, 6.07) is 23.7. The number of methoxy groups -OCH3 is 2. The van der Waals surface area contributed by atoms with Crippen molar-refractivity contribution in [1.82, 2.24) is 4.57 Å². The first-order valence-electron chi connectivity index (χ1n) is 14.6. The Morgan fingerprint density at radius 3 is 2.48 bits per heavy atom. The van der Waals surface area contributed by atoms with Gasteiger partial charge in [0.25, 0.3) is 5.56 Å². The molecule has 46 heavy (non-hydrogen) atoms. The van der Waals surface area contributed by atoms with Crippen LogP contribution in [0.25, 0.3) is 16.8 Å². The fourth-order valence-electron chi connectivity index (χ4n) is 5.62. The number of allylic oxidation sites excluding steroid dienone is 1. The van der Waals surface area contributed by atoms with Gasteiger partial charge in [-0.15, -0.1) is 0 Å². The summed E-state index contributed by atoms with van der Waals surface area (Å²) in [4.78, 5) is 32.9. The summed E-state index contributed by atoms with van der Waals surface area (Å²) in [6.45, 7) is 3.96. The van der Waals surface area contributed by atoms with E-state index in [0.29, 0.717) is 42.9 Å². The molecule has 234 valence electrons. The molecule has 2 heterocycles. The number of fused-ring (bicyclic) bond motifs is 2. The average Bonchev–Trinajstić information content (AvgIpc) is 3.37. The van der Waals surface area contributed by atoms with Gasteiger partial charge in [-0.1, -0.05) is 77.5 Å². The summed E-state index contributed by atoms with van der Waals surface area (Å²) in [5, 5.41) is 2.42. The standard InChI is InChI=1S/C36H31ClN2O6S/c1-5-44-35(41)31-21(2)38-36-39(33(31)32-25-12-8-6-10-23(25)15-17-28(32)42-3)34(40)30(46-36)19-22-14-16-27(29(18-22)43-4)45-20-24-11-7-9-13-26(24)37/h6-19,33H,5,20H2,1-4H3/b30-19+/t33-/m1/s1. The van der Waals surface area contributed by atoms with Crippen molar-refractivity contribution in [3.05, 3.63) is 132 Å². The van der Waals surface area contributed by atoms with Gasteiger partial charge in [0.15, 0.2) is 16.3 Å². The zero-order chi connectivity index (χ0) is 32.4. The van der Waals surface area contributed by atoms with Crippen LogP contribution in [0.2, 0.25) is 5.02 Å². The van der Waals surface area contributed by atoms with Crippen LogP contribution in [0.3, 0.4) is 0 Å². The lowest BCUT2D eigenvalue weighted by atomic mass is 9.90. The fraction of sp³-hybridized carbons (Fsp3) is 0.194. The van der Waals surface area contributed by atoms with Gasteiger partial charge in [-0.2, -0.15) is 0 Å². The molecule has 1 aliphatic heterocycles. The maximum Gasteiger partial charge on any atom is 0.338 e. The number of hydrogen-bond donors (Lipinski definition) is 0. The molecule has 10 heteroatoms. The molecule has 0 N–H and O–H groups in total. The smallest absolute Gasteiger partial charge is 0.338 e. The zero-order valence-electron chi connectivity index (χ0n) is 25.7. The van der Waals surface area contributed by atoms with Crippen molar-refractivity contribution in [2.75, 3.05) is 20.8 Å². The maximum atomic E-state index is 14.3. The second-order valence-corrected chi connectivity index (χ2v) is 11.9. The van der Waals surface area contributed by atoms with Crippen LogP contribution < -0.4 is 29.1 Å². The predicted molar refractivity (Wildman–Crippen MR) is 180 cm³/mol. The third kappa shape index (κ3) is 5.79. The summed E-state index contributed by atoms with van der Waals surface area (Å²) in [6.07, 6.45) is 1.78. The minimum Gasteiger partial charge on any atom is -0.496 e. The summed E-state index contributed by atoms with van der Waals surface area (Å²) in [7, 11) is 3.14. The van der Waals surface area contributed by atoms with Crippen molar-refractivity contribution in [3.63, 3.8) is 0 Å². The van der Waals surface area contributed by atoms with Gasteiger partial charge < -0.3 is 18.9 Å². The number of hydrogen-bond acceptors (Lipinski definition) is 8. The molecule has 4 aromatic carbocycles. The van der Waals surface area contributed by atoms with Gasteiger partial charge in [0.05, 0.1) is 36.6 Å². The second kappa shape index (κ2) is 13.2. The highest BCUT2D eigenvalue weighted by Crippen LogP contribution is 2.40. The van der Waals surface area contributed by atoms with E-state index in [-0.39, 0.29) is 24.3 Å². The number of carbonyl (C=O) groups is 1. The molecule has 8 nitrogen and oxygen atoms in total. The Hall–Kier alpha value is -4.86. The molecule has 1 atom stereocenters. The van der Waals surface area contributed by atoms with Gasteiger partial charge in [-0.3, -0.25) is 9.36 Å². The van der Waals surface area contributed by atoms with Crippen molar-refractivity contribution < 1.29 is 23.7 Å². The Morgan fingerprint density at radius 2 is 1.72 bits per heavy atom. The fourth-order valence-corrected chi connectivity index (χ4v) is 6.85. The molecule has 0 saturated carbocycles. The summed E-state index contributed by atoms with van der Waals surface area (Å²) >= 11 is 7.54. The van der Waals surface area contributed by atoms with Gasteiger partial charge in [-0.05, 0) is 60.5 Å². The lowest BCUT2D eigenvalue weighted by Crippen LogP contribution is -2.40. The van der Waals surface area contributed by atoms with Gasteiger partial charge in [0, 0.05) is 16.1 Å². The summed E-state index contributed by atoms with van der Waals surface area (Å²) in [5.74, 6) is 1.06. The minimum atomic E-state index is -0.825. The second-order valence-electron chi connectivity index (χ2n) is 10.5. The highest BCUT2D eigenvalue weighted by Gasteiger charge is 2.36. The molecule has 1 aromatic heterocycles. The van der Waals surface area contributed by atoms with Gasteiger partial charge in [0.1, 0.15) is 18.4 Å². The van der Waals surface area contributed by atoms with Crippen molar-refractivity contribution in [3.8, 4) is 17.2 Å². The Morgan fingerprint density at radius 1 is 0.978 bits per heavy atom.